The van der Waals surface area contributed by atoms with Crippen LogP contribution in [0.5, 0.6) is 0 Å². The second-order valence-electron chi connectivity index (χ2n) is 1.83. The lowest BCUT2D eigenvalue weighted by atomic mass is 10.4. The van der Waals surface area contributed by atoms with E-state index < -0.39 is 0 Å². The maximum atomic E-state index is 5.05. The molecule has 0 aliphatic rings. The SMILES string of the molecule is C=S(OC)c1ccccc1. The third-order valence-electron chi connectivity index (χ3n) is 1.21. The molecule has 0 N–H and O–H groups in total. The first kappa shape index (κ1) is 7.51. The molecule has 0 aliphatic carbocycles. The summed E-state index contributed by atoms with van der Waals surface area (Å²) >= 11 is 0. The van der Waals surface area contributed by atoms with Gasteiger partial charge < -0.3 is 4.18 Å². The van der Waals surface area contributed by atoms with Crippen molar-refractivity contribution in [3.05, 3.63) is 30.3 Å². The van der Waals surface area contributed by atoms with Gasteiger partial charge in [0, 0.05) is 4.90 Å². The molecule has 54 valence electrons. The fourth-order valence-corrected chi connectivity index (χ4v) is 1.32. The number of rotatable bonds is 2. The summed E-state index contributed by atoms with van der Waals surface area (Å²) in [6.07, 6.45) is 0. The van der Waals surface area contributed by atoms with Gasteiger partial charge in [-0.25, -0.2) is 0 Å². The highest BCUT2D eigenvalue weighted by molar-refractivity contribution is 8.09. The number of benzene rings is 1. The van der Waals surface area contributed by atoms with Crippen LogP contribution in [0.3, 0.4) is 0 Å². The fourth-order valence-electron chi connectivity index (χ4n) is 0.669. The van der Waals surface area contributed by atoms with Crippen molar-refractivity contribution < 1.29 is 4.18 Å². The van der Waals surface area contributed by atoms with E-state index in [1.54, 1.807) is 7.11 Å². The first-order valence-electron chi connectivity index (χ1n) is 2.98. The topological polar surface area (TPSA) is 9.23 Å². The van der Waals surface area contributed by atoms with Crippen LogP contribution in [-0.2, 0) is 4.18 Å². The Balaban J connectivity index is 2.85. The van der Waals surface area contributed by atoms with E-state index in [2.05, 4.69) is 5.87 Å². The molecule has 0 saturated heterocycles. The van der Waals surface area contributed by atoms with Crippen molar-refractivity contribution in [2.24, 2.45) is 0 Å². The molecule has 0 bridgehead atoms. The predicted molar refractivity (Wildman–Crippen MR) is 46.4 cm³/mol. The average Bonchev–Trinajstić information content (AvgIpc) is 2.05. The van der Waals surface area contributed by atoms with Crippen LogP contribution in [0.4, 0.5) is 0 Å². The molecule has 1 aromatic carbocycles. The molecular weight excluding hydrogens is 144 g/mol. The van der Waals surface area contributed by atoms with Crippen LogP contribution < -0.4 is 0 Å². The fraction of sp³-hybridized carbons (Fsp3) is 0.125. The zero-order chi connectivity index (χ0) is 7.40. The molecule has 0 heterocycles. The smallest absolute Gasteiger partial charge is 0.0500 e. The van der Waals surface area contributed by atoms with Gasteiger partial charge in [-0.15, -0.1) is 0 Å². The average molecular weight is 154 g/mol. The van der Waals surface area contributed by atoms with E-state index >= 15 is 0 Å². The summed E-state index contributed by atoms with van der Waals surface area (Å²) in [5.41, 5.74) is 0. The standard InChI is InChI=1S/C8H10OS/c1-9-10(2)8-6-4-3-5-7-8/h3-7H,2H2,1H3. The maximum absolute atomic E-state index is 5.05. The van der Waals surface area contributed by atoms with Crippen molar-refractivity contribution >= 4 is 16.6 Å². The second-order valence-corrected chi connectivity index (χ2v) is 3.32. The van der Waals surface area contributed by atoms with Gasteiger partial charge in [-0.3, -0.25) is 0 Å². The van der Waals surface area contributed by atoms with E-state index in [0.717, 1.165) is 4.90 Å². The molecular formula is C8H10OS. The normalized spacial score (nSPS) is 12.9. The Morgan fingerprint density at radius 3 is 2.40 bits per heavy atom. The van der Waals surface area contributed by atoms with E-state index in [4.69, 9.17) is 4.18 Å². The lowest BCUT2D eigenvalue weighted by Crippen LogP contribution is -1.74. The lowest BCUT2D eigenvalue weighted by Gasteiger charge is -2.01. The van der Waals surface area contributed by atoms with Crippen molar-refractivity contribution in [3.8, 4) is 0 Å². The van der Waals surface area contributed by atoms with Crippen LogP contribution in [0.2, 0.25) is 0 Å². The summed E-state index contributed by atoms with van der Waals surface area (Å²) in [5, 5.41) is 0. The maximum Gasteiger partial charge on any atom is 0.0500 e. The van der Waals surface area contributed by atoms with Gasteiger partial charge in [-0.2, -0.15) is 0 Å². The summed E-state index contributed by atoms with van der Waals surface area (Å²) < 4.78 is 5.05. The summed E-state index contributed by atoms with van der Waals surface area (Å²) in [5.74, 6) is 3.83. The van der Waals surface area contributed by atoms with Gasteiger partial charge in [0.25, 0.3) is 0 Å². The number of hydrogen-bond donors (Lipinski definition) is 0. The van der Waals surface area contributed by atoms with Crippen LogP contribution in [-0.4, -0.2) is 13.0 Å². The first-order chi connectivity index (χ1) is 4.84. The van der Waals surface area contributed by atoms with Crippen LogP contribution in [0.25, 0.3) is 0 Å². The van der Waals surface area contributed by atoms with Crippen molar-refractivity contribution in [2.75, 3.05) is 7.11 Å². The molecule has 1 aromatic rings. The highest BCUT2D eigenvalue weighted by Crippen LogP contribution is 2.22. The van der Waals surface area contributed by atoms with Gasteiger partial charge in [0.05, 0.1) is 7.11 Å². The minimum atomic E-state index is -0.290. The predicted octanol–water partition coefficient (Wildman–Crippen LogP) is 2.31. The van der Waals surface area contributed by atoms with Crippen LogP contribution >= 0.6 is 10.8 Å². The monoisotopic (exact) mass is 154 g/mol. The molecule has 2 heteroatoms. The van der Waals surface area contributed by atoms with E-state index in [1.807, 2.05) is 30.3 Å². The summed E-state index contributed by atoms with van der Waals surface area (Å²) in [6.45, 7) is 0. The molecule has 10 heavy (non-hydrogen) atoms. The Kier molecular flexibility index (Phi) is 2.66. The molecule has 0 saturated carbocycles. The summed E-state index contributed by atoms with van der Waals surface area (Å²) in [4.78, 5) is 1.14. The second kappa shape index (κ2) is 3.54. The van der Waals surface area contributed by atoms with E-state index in [9.17, 15) is 0 Å². The molecule has 1 atom stereocenters. The van der Waals surface area contributed by atoms with Gasteiger partial charge in [-0.05, 0) is 28.8 Å². The quantitative estimate of drug-likeness (QED) is 0.594. The molecule has 0 amide bonds. The third-order valence-corrected chi connectivity index (χ3v) is 2.41. The first-order valence-corrected chi connectivity index (χ1v) is 4.30. The molecule has 0 aromatic heterocycles. The van der Waals surface area contributed by atoms with Crippen molar-refractivity contribution in [1.29, 1.82) is 0 Å². The minimum Gasteiger partial charge on any atom is -0.322 e. The molecule has 0 aliphatic heterocycles. The Hall–Kier alpha value is -0.600. The summed E-state index contributed by atoms with van der Waals surface area (Å²) in [7, 11) is 1.38. The Morgan fingerprint density at radius 2 is 1.90 bits per heavy atom. The van der Waals surface area contributed by atoms with Gasteiger partial charge in [0.2, 0.25) is 0 Å². The lowest BCUT2D eigenvalue weighted by molar-refractivity contribution is 0.487. The van der Waals surface area contributed by atoms with E-state index in [1.165, 1.54) is 0 Å². The zero-order valence-electron chi connectivity index (χ0n) is 5.91. The molecule has 1 unspecified atom stereocenters. The number of hydrogen-bond acceptors (Lipinski definition) is 1. The van der Waals surface area contributed by atoms with Crippen molar-refractivity contribution in [2.45, 2.75) is 4.90 Å². The highest BCUT2D eigenvalue weighted by atomic mass is 32.2. The minimum absolute atomic E-state index is 0.290. The van der Waals surface area contributed by atoms with Crippen molar-refractivity contribution in [3.63, 3.8) is 0 Å². The third kappa shape index (κ3) is 1.69. The molecule has 1 rings (SSSR count). The van der Waals surface area contributed by atoms with Gasteiger partial charge in [0.15, 0.2) is 0 Å². The Labute approximate surface area is 63.8 Å². The van der Waals surface area contributed by atoms with E-state index in [0.29, 0.717) is 0 Å². The highest BCUT2D eigenvalue weighted by Gasteiger charge is 1.90. The van der Waals surface area contributed by atoms with Crippen molar-refractivity contribution in [1.82, 2.24) is 0 Å². The van der Waals surface area contributed by atoms with Crippen LogP contribution in [0.1, 0.15) is 0 Å². The Bertz CT molecular complexity index is 218. The molecule has 0 radical (unpaired) electrons. The summed E-state index contributed by atoms with van der Waals surface area (Å²) in [6, 6.07) is 9.98. The van der Waals surface area contributed by atoms with Crippen LogP contribution in [0, 0.1) is 0 Å². The van der Waals surface area contributed by atoms with Gasteiger partial charge >= 0.3 is 0 Å². The largest absolute Gasteiger partial charge is 0.322 e. The zero-order valence-corrected chi connectivity index (χ0v) is 6.73. The molecule has 0 spiro atoms. The Morgan fingerprint density at radius 1 is 1.30 bits per heavy atom. The molecule has 0 fully saturated rings. The molecule has 1 nitrogen and oxygen atoms in total. The van der Waals surface area contributed by atoms with E-state index in [-0.39, 0.29) is 10.8 Å². The van der Waals surface area contributed by atoms with Gasteiger partial charge in [0.1, 0.15) is 0 Å². The van der Waals surface area contributed by atoms with Crippen LogP contribution in [0.15, 0.2) is 35.2 Å². The van der Waals surface area contributed by atoms with Gasteiger partial charge in [-0.1, -0.05) is 18.2 Å².